The second-order valence-corrected chi connectivity index (χ2v) is 15.0. The minimum Gasteiger partial charge on any atom is -0.465 e. The van der Waals surface area contributed by atoms with Crippen LogP contribution < -0.4 is 10.6 Å². The molecule has 2 aromatic carbocycles. The zero-order chi connectivity index (χ0) is 34.4. The molecular weight excluding hydrogens is 606 g/mol. The Morgan fingerprint density at radius 1 is 0.917 bits per heavy atom. The predicted octanol–water partition coefficient (Wildman–Crippen LogP) is 7.43. The lowest BCUT2D eigenvalue weighted by molar-refractivity contribution is -0.131. The van der Waals surface area contributed by atoms with Crippen LogP contribution in [0.5, 0.6) is 0 Å². The van der Waals surface area contributed by atoms with Gasteiger partial charge in [0.25, 0.3) is 5.91 Å². The van der Waals surface area contributed by atoms with E-state index in [0.717, 1.165) is 51.8 Å². The highest BCUT2D eigenvalue weighted by molar-refractivity contribution is 6.06. The SMILES string of the molecule is CC(C)(C)NC(=O)N1CCCC1c1ncc(-c2ccc(-c3ccc4c(NC(=O)C5(C(C)(C)C)CCCN5C(=O)O)nccc4c3)cc2)[nH]1. The third-order valence-electron chi connectivity index (χ3n) is 9.66. The molecule has 0 spiro atoms. The van der Waals surface area contributed by atoms with Crippen LogP contribution in [0.25, 0.3) is 33.2 Å². The number of nitrogens with one attached hydrogen (secondary N) is 3. The molecule has 11 heteroatoms. The van der Waals surface area contributed by atoms with Crippen molar-refractivity contribution < 1.29 is 19.5 Å². The van der Waals surface area contributed by atoms with E-state index in [0.29, 0.717) is 31.7 Å². The molecule has 0 aliphatic carbocycles. The Morgan fingerprint density at radius 3 is 2.31 bits per heavy atom. The van der Waals surface area contributed by atoms with E-state index in [4.69, 9.17) is 0 Å². The molecule has 2 saturated heterocycles. The monoisotopic (exact) mass is 651 g/mol. The molecule has 48 heavy (non-hydrogen) atoms. The number of anilines is 1. The molecule has 2 atom stereocenters. The lowest BCUT2D eigenvalue weighted by Crippen LogP contribution is -2.62. The van der Waals surface area contributed by atoms with Crippen LogP contribution in [0.3, 0.4) is 0 Å². The van der Waals surface area contributed by atoms with E-state index >= 15 is 0 Å². The highest BCUT2D eigenvalue weighted by Gasteiger charge is 2.57. The third kappa shape index (κ3) is 6.09. The number of likely N-dealkylation sites (tertiary alicyclic amines) is 2. The molecular formula is C37H45N7O4. The number of fused-ring (bicyclic) bond motifs is 1. The van der Waals surface area contributed by atoms with Gasteiger partial charge in [0, 0.05) is 30.2 Å². The first-order valence-corrected chi connectivity index (χ1v) is 16.6. The van der Waals surface area contributed by atoms with Crippen molar-refractivity contribution in [3.05, 3.63) is 66.7 Å². The second kappa shape index (κ2) is 12.3. The number of hydrogen-bond donors (Lipinski definition) is 4. The van der Waals surface area contributed by atoms with Crippen LogP contribution in [-0.2, 0) is 4.79 Å². The molecule has 2 aliphatic heterocycles. The van der Waals surface area contributed by atoms with E-state index in [1.54, 1.807) is 6.20 Å². The zero-order valence-electron chi connectivity index (χ0n) is 28.6. The van der Waals surface area contributed by atoms with Crippen LogP contribution >= 0.6 is 0 Å². The molecule has 6 rings (SSSR count). The Kier molecular flexibility index (Phi) is 8.43. The number of hydrogen-bond acceptors (Lipinski definition) is 5. The standard InChI is InChI=1S/C37H45N7O4/c1-35(2,3)37(17-8-20-44(37)34(47)48)32(45)41-30-27-15-14-25(21-26(27)16-18-38-30)23-10-12-24(13-11-23)28-22-39-31(40-28)29-9-7-19-43(29)33(46)42-36(4,5)6/h10-16,18,21-22,29H,7-9,17,19-20H2,1-6H3,(H,39,40)(H,42,46)(H,47,48)(H,38,41,45). The molecule has 2 aromatic heterocycles. The largest absolute Gasteiger partial charge is 0.465 e. The van der Waals surface area contributed by atoms with Crippen molar-refractivity contribution in [3.8, 4) is 22.4 Å². The number of pyridine rings is 1. The molecule has 0 bridgehead atoms. The number of benzene rings is 2. The molecule has 4 amide bonds. The molecule has 4 N–H and O–H groups in total. The number of amides is 4. The molecule has 2 unspecified atom stereocenters. The van der Waals surface area contributed by atoms with E-state index in [2.05, 4.69) is 55.9 Å². The summed E-state index contributed by atoms with van der Waals surface area (Å²) in [6.07, 6.45) is 5.27. The number of aromatic nitrogens is 3. The summed E-state index contributed by atoms with van der Waals surface area (Å²) < 4.78 is 0. The van der Waals surface area contributed by atoms with Crippen molar-refractivity contribution in [2.24, 2.45) is 5.41 Å². The Labute approximate surface area is 281 Å². The molecule has 252 valence electrons. The smallest absolute Gasteiger partial charge is 0.408 e. The number of carboxylic acid groups (broad SMARTS) is 1. The summed E-state index contributed by atoms with van der Waals surface area (Å²) >= 11 is 0. The fraction of sp³-hybridized carbons (Fsp3) is 0.432. The third-order valence-corrected chi connectivity index (χ3v) is 9.66. The zero-order valence-corrected chi connectivity index (χ0v) is 28.6. The van der Waals surface area contributed by atoms with Crippen LogP contribution in [0.2, 0.25) is 0 Å². The van der Waals surface area contributed by atoms with E-state index in [1.165, 1.54) is 4.90 Å². The maximum atomic E-state index is 13.9. The van der Waals surface area contributed by atoms with Gasteiger partial charge in [-0.3, -0.25) is 9.69 Å². The van der Waals surface area contributed by atoms with Gasteiger partial charge < -0.3 is 25.6 Å². The highest BCUT2D eigenvalue weighted by atomic mass is 16.4. The van der Waals surface area contributed by atoms with Crippen molar-refractivity contribution in [1.29, 1.82) is 0 Å². The number of aromatic amines is 1. The first-order valence-electron chi connectivity index (χ1n) is 16.6. The van der Waals surface area contributed by atoms with Crippen LogP contribution in [0.1, 0.15) is 79.1 Å². The minimum atomic E-state index is -1.20. The Morgan fingerprint density at radius 2 is 1.62 bits per heavy atom. The van der Waals surface area contributed by atoms with E-state index in [9.17, 15) is 19.5 Å². The van der Waals surface area contributed by atoms with Gasteiger partial charge in [-0.05, 0) is 86.1 Å². The number of rotatable bonds is 5. The highest BCUT2D eigenvalue weighted by Crippen LogP contribution is 2.45. The van der Waals surface area contributed by atoms with Crippen molar-refractivity contribution in [2.75, 3.05) is 18.4 Å². The first-order chi connectivity index (χ1) is 22.7. The molecule has 4 aromatic rings. The predicted molar refractivity (Wildman–Crippen MR) is 187 cm³/mol. The topological polar surface area (TPSA) is 144 Å². The van der Waals surface area contributed by atoms with Crippen LogP contribution in [0.4, 0.5) is 15.4 Å². The maximum absolute atomic E-state index is 13.9. The van der Waals surface area contributed by atoms with E-state index in [-0.39, 0.29) is 23.5 Å². The number of H-pyrrole nitrogens is 1. The number of carbonyl (C=O) groups excluding carboxylic acids is 2. The van der Waals surface area contributed by atoms with Crippen LogP contribution in [-0.4, -0.2) is 72.1 Å². The number of carbonyl (C=O) groups is 3. The Balaban J connectivity index is 1.20. The number of nitrogens with zero attached hydrogens (tertiary/aromatic N) is 4. The summed E-state index contributed by atoms with van der Waals surface area (Å²) in [5.74, 6) is 0.844. The van der Waals surface area contributed by atoms with Crippen molar-refractivity contribution >= 4 is 34.6 Å². The number of imidazole rings is 1. The molecule has 0 saturated carbocycles. The van der Waals surface area contributed by atoms with Crippen LogP contribution in [0, 0.1) is 5.41 Å². The van der Waals surface area contributed by atoms with Gasteiger partial charge in [0.05, 0.1) is 17.9 Å². The first kappa shape index (κ1) is 33.0. The summed E-state index contributed by atoms with van der Waals surface area (Å²) in [5, 5.41) is 17.7. The normalized spacial score (nSPS) is 19.9. The number of urea groups is 1. The van der Waals surface area contributed by atoms with Crippen molar-refractivity contribution in [3.63, 3.8) is 0 Å². The van der Waals surface area contributed by atoms with Gasteiger partial charge in [0.2, 0.25) is 0 Å². The second-order valence-electron chi connectivity index (χ2n) is 15.0. The van der Waals surface area contributed by atoms with Gasteiger partial charge in [-0.25, -0.2) is 19.6 Å². The van der Waals surface area contributed by atoms with Crippen LogP contribution in [0.15, 0.2) is 60.9 Å². The molecule has 4 heterocycles. The molecule has 2 aliphatic rings. The van der Waals surface area contributed by atoms with Gasteiger partial charge in [0.1, 0.15) is 17.2 Å². The van der Waals surface area contributed by atoms with Gasteiger partial charge in [-0.15, -0.1) is 0 Å². The fourth-order valence-corrected chi connectivity index (χ4v) is 7.28. The van der Waals surface area contributed by atoms with Gasteiger partial charge in [0.15, 0.2) is 0 Å². The van der Waals surface area contributed by atoms with Gasteiger partial charge in [-0.2, -0.15) is 0 Å². The molecule has 11 nitrogen and oxygen atoms in total. The Hall–Kier alpha value is -4.93. The summed E-state index contributed by atoms with van der Waals surface area (Å²) in [6.45, 7) is 12.7. The van der Waals surface area contributed by atoms with Gasteiger partial charge in [-0.1, -0.05) is 57.2 Å². The van der Waals surface area contributed by atoms with Crippen molar-refractivity contribution in [1.82, 2.24) is 30.1 Å². The lowest BCUT2D eigenvalue weighted by atomic mass is 9.71. The summed E-state index contributed by atoms with van der Waals surface area (Å²) in [4.78, 5) is 54.7. The minimum absolute atomic E-state index is 0.0690. The fourth-order valence-electron chi connectivity index (χ4n) is 7.28. The average Bonchev–Trinajstić information content (AvgIpc) is 3.80. The average molecular weight is 652 g/mol. The summed E-state index contributed by atoms with van der Waals surface area (Å²) in [7, 11) is 0. The Bertz CT molecular complexity index is 1850. The quantitative estimate of drug-likeness (QED) is 0.177. The van der Waals surface area contributed by atoms with E-state index in [1.807, 2.05) is 70.8 Å². The summed E-state index contributed by atoms with van der Waals surface area (Å²) in [6, 6.07) is 16.0. The maximum Gasteiger partial charge on any atom is 0.408 e. The molecule has 2 fully saturated rings. The summed E-state index contributed by atoms with van der Waals surface area (Å²) in [5.41, 5.74) is 1.79. The van der Waals surface area contributed by atoms with E-state index < -0.39 is 17.0 Å². The van der Waals surface area contributed by atoms with Crippen molar-refractivity contribution in [2.45, 2.75) is 84.3 Å². The molecule has 0 radical (unpaired) electrons. The lowest BCUT2D eigenvalue weighted by Gasteiger charge is -2.45. The van der Waals surface area contributed by atoms with Gasteiger partial charge >= 0.3 is 12.1 Å².